The Hall–Kier alpha value is -1.14. The first-order valence-corrected chi connectivity index (χ1v) is 7.28. The van der Waals surface area contributed by atoms with E-state index in [0.29, 0.717) is 12.4 Å². The number of pyridine rings is 1. The summed E-state index contributed by atoms with van der Waals surface area (Å²) in [5.41, 5.74) is 0. The molecule has 2 N–H and O–H groups in total. The summed E-state index contributed by atoms with van der Waals surface area (Å²) in [6.07, 6.45) is 3.23. The minimum Gasteiger partial charge on any atom is -0.370 e. The van der Waals surface area contributed by atoms with Crippen LogP contribution in [-0.2, 0) is 10.0 Å². The zero-order valence-corrected chi connectivity index (χ0v) is 11.0. The maximum absolute atomic E-state index is 11.9. The predicted molar refractivity (Wildman–Crippen MR) is 68.5 cm³/mol. The van der Waals surface area contributed by atoms with Crippen LogP contribution in [-0.4, -0.2) is 26.5 Å². The molecule has 17 heavy (non-hydrogen) atoms. The normalized spacial score (nSPS) is 11.4. The Morgan fingerprint density at radius 2 is 1.94 bits per heavy atom. The van der Waals surface area contributed by atoms with Gasteiger partial charge in [-0.2, -0.15) is 0 Å². The Bertz CT molecular complexity index is 446. The van der Waals surface area contributed by atoms with Gasteiger partial charge in [0.25, 0.3) is 0 Å². The summed E-state index contributed by atoms with van der Waals surface area (Å²) in [4.78, 5) is 4.32. The van der Waals surface area contributed by atoms with Crippen LogP contribution in [0.1, 0.15) is 26.7 Å². The molecule has 1 aromatic heterocycles. The lowest BCUT2D eigenvalue weighted by Crippen LogP contribution is -2.24. The van der Waals surface area contributed by atoms with E-state index in [1.54, 1.807) is 6.07 Å². The van der Waals surface area contributed by atoms with Gasteiger partial charge in [-0.3, -0.25) is 0 Å². The van der Waals surface area contributed by atoms with Gasteiger partial charge in [0, 0.05) is 25.4 Å². The van der Waals surface area contributed by atoms with E-state index >= 15 is 0 Å². The third kappa shape index (κ3) is 4.32. The minimum atomic E-state index is -3.40. The Labute approximate surface area is 103 Å². The van der Waals surface area contributed by atoms with Gasteiger partial charge in [-0.1, -0.05) is 13.8 Å². The Morgan fingerprint density at radius 3 is 2.59 bits per heavy atom. The second-order valence-electron chi connectivity index (χ2n) is 3.70. The van der Waals surface area contributed by atoms with Crippen LogP contribution >= 0.6 is 0 Å². The molecule has 0 aliphatic rings. The third-order valence-corrected chi connectivity index (χ3v) is 3.60. The highest BCUT2D eigenvalue weighted by atomic mass is 32.2. The van der Waals surface area contributed by atoms with Crippen molar-refractivity contribution in [1.29, 1.82) is 0 Å². The van der Waals surface area contributed by atoms with Crippen molar-refractivity contribution in [3.8, 4) is 0 Å². The highest BCUT2D eigenvalue weighted by molar-refractivity contribution is 7.89. The molecule has 0 fully saturated rings. The van der Waals surface area contributed by atoms with E-state index in [-0.39, 0.29) is 4.90 Å². The molecule has 0 aliphatic heterocycles. The SMILES string of the molecule is CCCNc1cc(S(=O)(=O)NCCC)ccn1. The lowest BCUT2D eigenvalue weighted by molar-refractivity contribution is 0.580. The number of nitrogens with one attached hydrogen (secondary N) is 2. The van der Waals surface area contributed by atoms with E-state index < -0.39 is 10.0 Å². The standard InChI is InChI=1S/C11H19N3O2S/c1-3-6-12-11-9-10(5-8-13-11)17(15,16)14-7-4-2/h5,8-9,14H,3-4,6-7H2,1-2H3,(H,12,13). The molecule has 0 spiro atoms. The fourth-order valence-electron chi connectivity index (χ4n) is 1.25. The average Bonchev–Trinajstić information content (AvgIpc) is 2.34. The fourth-order valence-corrected chi connectivity index (χ4v) is 2.39. The van der Waals surface area contributed by atoms with Crippen LogP contribution in [0.5, 0.6) is 0 Å². The maximum atomic E-state index is 11.9. The molecule has 0 unspecified atom stereocenters. The maximum Gasteiger partial charge on any atom is 0.240 e. The largest absolute Gasteiger partial charge is 0.370 e. The van der Waals surface area contributed by atoms with Gasteiger partial charge < -0.3 is 5.32 Å². The van der Waals surface area contributed by atoms with E-state index in [4.69, 9.17) is 0 Å². The minimum absolute atomic E-state index is 0.250. The first kappa shape index (κ1) is 13.9. The van der Waals surface area contributed by atoms with Crippen molar-refractivity contribution >= 4 is 15.8 Å². The summed E-state index contributed by atoms with van der Waals surface area (Å²) in [7, 11) is -3.40. The summed E-state index contributed by atoms with van der Waals surface area (Å²) in [5, 5.41) is 3.06. The van der Waals surface area contributed by atoms with Crippen molar-refractivity contribution in [3.63, 3.8) is 0 Å². The smallest absolute Gasteiger partial charge is 0.240 e. The molecule has 0 radical (unpaired) electrons. The van der Waals surface area contributed by atoms with Gasteiger partial charge in [-0.25, -0.2) is 18.1 Å². The van der Waals surface area contributed by atoms with Gasteiger partial charge in [0.2, 0.25) is 10.0 Å². The Kier molecular flexibility index (Phi) is 5.37. The fraction of sp³-hybridized carbons (Fsp3) is 0.545. The molecule has 0 amide bonds. The quantitative estimate of drug-likeness (QED) is 0.778. The zero-order valence-electron chi connectivity index (χ0n) is 10.2. The van der Waals surface area contributed by atoms with E-state index in [0.717, 1.165) is 19.4 Å². The van der Waals surface area contributed by atoms with Gasteiger partial charge in [-0.15, -0.1) is 0 Å². The first-order chi connectivity index (χ1) is 8.10. The van der Waals surface area contributed by atoms with Crippen molar-refractivity contribution in [2.45, 2.75) is 31.6 Å². The van der Waals surface area contributed by atoms with Crippen LogP contribution in [0, 0.1) is 0 Å². The number of hydrogen-bond acceptors (Lipinski definition) is 4. The lowest BCUT2D eigenvalue weighted by atomic mass is 10.4. The van der Waals surface area contributed by atoms with Gasteiger partial charge in [0.15, 0.2) is 0 Å². The van der Waals surface area contributed by atoms with Crippen molar-refractivity contribution in [2.24, 2.45) is 0 Å². The van der Waals surface area contributed by atoms with Crippen LogP contribution in [0.4, 0.5) is 5.82 Å². The third-order valence-electron chi connectivity index (χ3n) is 2.14. The van der Waals surface area contributed by atoms with Crippen LogP contribution in [0.2, 0.25) is 0 Å². The summed E-state index contributed by atoms with van der Waals surface area (Å²) in [6, 6.07) is 3.04. The highest BCUT2D eigenvalue weighted by Crippen LogP contribution is 2.12. The molecule has 1 heterocycles. The van der Waals surface area contributed by atoms with Gasteiger partial charge >= 0.3 is 0 Å². The lowest BCUT2D eigenvalue weighted by Gasteiger charge is -2.08. The number of nitrogens with zero attached hydrogens (tertiary/aromatic N) is 1. The molecule has 0 aromatic carbocycles. The second-order valence-corrected chi connectivity index (χ2v) is 5.47. The van der Waals surface area contributed by atoms with Crippen LogP contribution in [0.25, 0.3) is 0 Å². The molecule has 1 aromatic rings. The van der Waals surface area contributed by atoms with Crippen LogP contribution in [0.15, 0.2) is 23.2 Å². The van der Waals surface area contributed by atoms with Crippen LogP contribution in [0.3, 0.4) is 0 Å². The predicted octanol–water partition coefficient (Wildman–Crippen LogP) is 1.59. The summed E-state index contributed by atoms with van der Waals surface area (Å²) in [6.45, 7) is 5.18. The molecule has 0 aliphatic carbocycles. The van der Waals surface area contributed by atoms with E-state index in [1.165, 1.54) is 12.3 Å². The summed E-state index contributed by atoms with van der Waals surface area (Å²) < 4.78 is 26.2. The van der Waals surface area contributed by atoms with E-state index in [9.17, 15) is 8.42 Å². The number of hydrogen-bond donors (Lipinski definition) is 2. The first-order valence-electron chi connectivity index (χ1n) is 5.79. The molecule has 0 atom stereocenters. The molecule has 96 valence electrons. The van der Waals surface area contributed by atoms with Crippen molar-refractivity contribution in [3.05, 3.63) is 18.3 Å². The molecule has 1 rings (SSSR count). The van der Waals surface area contributed by atoms with Gasteiger partial charge in [-0.05, 0) is 18.9 Å². The zero-order chi connectivity index (χ0) is 12.7. The van der Waals surface area contributed by atoms with E-state index in [2.05, 4.69) is 15.0 Å². The highest BCUT2D eigenvalue weighted by Gasteiger charge is 2.13. The molecule has 0 saturated carbocycles. The molecule has 0 bridgehead atoms. The Balaban J connectivity index is 2.83. The number of aromatic nitrogens is 1. The topological polar surface area (TPSA) is 71.1 Å². The Morgan fingerprint density at radius 1 is 1.24 bits per heavy atom. The number of anilines is 1. The van der Waals surface area contributed by atoms with Crippen molar-refractivity contribution < 1.29 is 8.42 Å². The van der Waals surface area contributed by atoms with Crippen molar-refractivity contribution in [2.75, 3.05) is 18.4 Å². The molecule has 5 nitrogen and oxygen atoms in total. The summed E-state index contributed by atoms with van der Waals surface area (Å²) in [5.74, 6) is 0.589. The number of sulfonamides is 1. The second kappa shape index (κ2) is 6.56. The van der Waals surface area contributed by atoms with Gasteiger partial charge in [0.05, 0.1) is 4.90 Å². The van der Waals surface area contributed by atoms with E-state index in [1.807, 2.05) is 13.8 Å². The number of rotatable bonds is 7. The van der Waals surface area contributed by atoms with Gasteiger partial charge in [0.1, 0.15) is 5.82 Å². The molecule has 0 saturated heterocycles. The van der Waals surface area contributed by atoms with Crippen molar-refractivity contribution in [1.82, 2.24) is 9.71 Å². The summed E-state index contributed by atoms with van der Waals surface area (Å²) >= 11 is 0. The monoisotopic (exact) mass is 257 g/mol. The molecule has 6 heteroatoms. The molecular formula is C11H19N3O2S. The van der Waals surface area contributed by atoms with Crippen LogP contribution < -0.4 is 10.0 Å². The molecular weight excluding hydrogens is 238 g/mol. The average molecular weight is 257 g/mol.